The van der Waals surface area contributed by atoms with Gasteiger partial charge in [-0.05, 0) is 126 Å². The molecule has 1 N–H and O–H groups in total. The Labute approximate surface area is 213 Å². The Hall–Kier alpha value is -1.39. The van der Waals surface area contributed by atoms with E-state index in [1.165, 1.54) is 44.9 Å². The molecule has 4 heteroatoms. The first-order valence-corrected chi connectivity index (χ1v) is 14.3. The first-order valence-electron chi connectivity index (χ1n) is 14.3. The van der Waals surface area contributed by atoms with Crippen LogP contribution in [0, 0.1) is 40.4 Å². The van der Waals surface area contributed by atoms with E-state index in [2.05, 4.69) is 45.1 Å². The van der Waals surface area contributed by atoms with E-state index in [-0.39, 0.29) is 23.5 Å². The van der Waals surface area contributed by atoms with Crippen LogP contribution in [0.15, 0.2) is 30.3 Å². The van der Waals surface area contributed by atoms with Gasteiger partial charge in [0.15, 0.2) is 0 Å². The minimum atomic E-state index is -0.158. The summed E-state index contributed by atoms with van der Waals surface area (Å²) in [5.41, 5.74) is 1.42. The zero-order valence-corrected chi connectivity index (χ0v) is 22.9. The molecule has 1 aromatic rings. The first kappa shape index (κ1) is 25.3. The second-order valence-electron chi connectivity index (χ2n) is 13.2. The van der Waals surface area contributed by atoms with Crippen molar-refractivity contribution in [2.75, 3.05) is 21.1 Å². The van der Waals surface area contributed by atoms with Gasteiger partial charge in [0.05, 0.1) is 5.56 Å². The monoisotopic (exact) mass is 480 g/mol. The summed E-state index contributed by atoms with van der Waals surface area (Å²) >= 11 is 0. The average Bonchev–Trinajstić information content (AvgIpc) is 3.21. The number of rotatable bonds is 5. The summed E-state index contributed by atoms with van der Waals surface area (Å²) in [6, 6.07) is 10.5. The molecule has 5 rings (SSSR count). The van der Waals surface area contributed by atoms with Gasteiger partial charge in [-0.25, -0.2) is 4.79 Å². The lowest BCUT2D eigenvalue weighted by molar-refractivity contribution is -0.154. The van der Waals surface area contributed by atoms with Crippen molar-refractivity contribution in [2.45, 2.75) is 90.3 Å². The third-order valence-corrected chi connectivity index (χ3v) is 11.8. The van der Waals surface area contributed by atoms with Crippen LogP contribution < -0.4 is 5.32 Å². The van der Waals surface area contributed by atoms with E-state index in [0.717, 1.165) is 30.1 Å². The van der Waals surface area contributed by atoms with Gasteiger partial charge in [-0.15, -0.1) is 0 Å². The lowest BCUT2D eigenvalue weighted by Crippen LogP contribution is -2.61. The smallest absolute Gasteiger partial charge is 0.338 e. The van der Waals surface area contributed by atoms with Gasteiger partial charge in [0.2, 0.25) is 0 Å². The minimum Gasteiger partial charge on any atom is -0.457 e. The zero-order chi connectivity index (χ0) is 25.0. The molecule has 0 bridgehead atoms. The molecule has 194 valence electrons. The van der Waals surface area contributed by atoms with E-state index < -0.39 is 0 Å². The second kappa shape index (κ2) is 9.49. The van der Waals surface area contributed by atoms with Gasteiger partial charge in [0.1, 0.15) is 6.10 Å². The Balaban J connectivity index is 1.38. The molecule has 0 spiro atoms. The molecular formula is C31H48N2O2. The van der Waals surface area contributed by atoms with Crippen molar-refractivity contribution in [1.29, 1.82) is 0 Å². The Morgan fingerprint density at radius 1 is 0.943 bits per heavy atom. The number of nitrogens with one attached hydrogen (secondary N) is 1. The fourth-order valence-corrected chi connectivity index (χ4v) is 9.74. The van der Waals surface area contributed by atoms with Crippen LogP contribution in [-0.4, -0.2) is 50.2 Å². The van der Waals surface area contributed by atoms with E-state index >= 15 is 0 Å². The third-order valence-electron chi connectivity index (χ3n) is 11.8. The quantitative estimate of drug-likeness (QED) is 0.523. The first-order chi connectivity index (χ1) is 16.7. The lowest BCUT2D eigenvalue weighted by Gasteiger charge is -2.62. The number of likely N-dealkylation sites (N-methyl/N-ethyl adjacent to an activating group) is 1. The number of carbonyl (C=O) groups is 1. The number of hydrogen-bond acceptors (Lipinski definition) is 4. The molecule has 0 aromatic heterocycles. The van der Waals surface area contributed by atoms with Crippen LogP contribution in [0.2, 0.25) is 0 Å². The Morgan fingerprint density at radius 2 is 1.60 bits per heavy atom. The molecule has 35 heavy (non-hydrogen) atoms. The molecular weight excluding hydrogens is 432 g/mol. The van der Waals surface area contributed by atoms with Gasteiger partial charge < -0.3 is 15.0 Å². The largest absolute Gasteiger partial charge is 0.457 e. The summed E-state index contributed by atoms with van der Waals surface area (Å²) in [6.07, 6.45) is 10.3. The van der Waals surface area contributed by atoms with Crippen LogP contribution in [-0.2, 0) is 4.74 Å². The highest BCUT2D eigenvalue weighted by Crippen LogP contribution is 2.68. The Morgan fingerprint density at radius 3 is 2.29 bits per heavy atom. The maximum absolute atomic E-state index is 13.1. The Bertz CT molecular complexity index is 903. The standard InChI is InChI=1S/C31H48N2O2/c1-20(33(5)6)23-14-15-24-22-12-13-26-28(35-29(34)21-10-8-7-9-11-21)27(32-4)17-19-31(26,3)25(22)16-18-30(23,24)2/h7-11,20,22-28,32H,12-19H2,1-6H3/t20-,22-,23+,24-,25-,26-,27+,28+,30+,31+/m0/s1. The highest BCUT2D eigenvalue weighted by Gasteiger charge is 2.62. The summed E-state index contributed by atoms with van der Waals surface area (Å²) in [5.74, 6) is 3.57. The molecule has 4 aliphatic carbocycles. The summed E-state index contributed by atoms with van der Waals surface area (Å²) in [6.45, 7) is 7.66. The maximum Gasteiger partial charge on any atom is 0.338 e. The van der Waals surface area contributed by atoms with Crippen LogP contribution in [0.25, 0.3) is 0 Å². The molecule has 1 aromatic carbocycles. The molecule has 10 atom stereocenters. The second-order valence-corrected chi connectivity index (χ2v) is 13.2. The van der Waals surface area contributed by atoms with E-state index in [1.807, 2.05) is 37.4 Å². The molecule has 4 nitrogen and oxygen atoms in total. The predicted octanol–water partition coefficient (Wildman–Crippen LogP) is 6.02. The Kier molecular flexibility index (Phi) is 6.85. The van der Waals surface area contributed by atoms with Crippen molar-refractivity contribution in [3.05, 3.63) is 35.9 Å². The molecule has 0 unspecified atom stereocenters. The molecule has 4 aliphatic rings. The summed E-state index contributed by atoms with van der Waals surface area (Å²) < 4.78 is 6.37. The van der Waals surface area contributed by atoms with Crippen LogP contribution in [0.5, 0.6) is 0 Å². The van der Waals surface area contributed by atoms with Crippen molar-refractivity contribution >= 4 is 5.97 Å². The van der Waals surface area contributed by atoms with Crippen LogP contribution in [0.3, 0.4) is 0 Å². The highest BCUT2D eigenvalue weighted by molar-refractivity contribution is 5.89. The van der Waals surface area contributed by atoms with Gasteiger partial charge >= 0.3 is 5.97 Å². The molecule has 0 amide bonds. The summed E-state index contributed by atoms with van der Waals surface area (Å²) in [4.78, 5) is 15.6. The molecule has 4 fully saturated rings. The fourth-order valence-electron chi connectivity index (χ4n) is 9.74. The highest BCUT2D eigenvalue weighted by atomic mass is 16.5. The predicted molar refractivity (Wildman–Crippen MR) is 142 cm³/mol. The molecule has 0 heterocycles. The van der Waals surface area contributed by atoms with E-state index in [0.29, 0.717) is 22.9 Å². The van der Waals surface area contributed by atoms with Gasteiger partial charge in [-0.1, -0.05) is 32.0 Å². The number of hydrogen-bond donors (Lipinski definition) is 1. The molecule has 0 aliphatic heterocycles. The number of ether oxygens (including phenoxy) is 1. The van der Waals surface area contributed by atoms with E-state index in [4.69, 9.17) is 4.74 Å². The van der Waals surface area contributed by atoms with E-state index in [9.17, 15) is 4.79 Å². The van der Waals surface area contributed by atoms with Gasteiger partial charge in [0.25, 0.3) is 0 Å². The molecule has 0 radical (unpaired) electrons. The van der Waals surface area contributed by atoms with Crippen LogP contribution >= 0.6 is 0 Å². The minimum absolute atomic E-state index is 0.0363. The van der Waals surface area contributed by atoms with Gasteiger partial charge in [0, 0.05) is 18.0 Å². The summed E-state index contributed by atoms with van der Waals surface area (Å²) in [7, 11) is 6.56. The maximum atomic E-state index is 13.1. The number of benzene rings is 1. The van der Waals surface area contributed by atoms with Crippen LogP contribution in [0.1, 0.15) is 82.5 Å². The molecule has 4 saturated carbocycles. The van der Waals surface area contributed by atoms with Crippen molar-refractivity contribution in [3.8, 4) is 0 Å². The SMILES string of the molecule is CN[C@@H]1CC[C@]2(C)[C@H]3CC[C@]4(C)[C@@H]([C@H](C)N(C)C)CC[C@H]4[C@@H]3CC[C@H]2[C@H]1OC(=O)c1ccccc1. The van der Waals surface area contributed by atoms with Gasteiger partial charge in [-0.2, -0.15) is 0 Å². The molecule has 0 saturated heterocycles. The normalized spacial score (nSPS) is 43.7. The number of carbonyl (C=O) groups excluding carboxylic acids is 1. The fraction of sp³-hybridized carbons (Fsp3) is 0.774. The van der Waals surface area contributed by atoms with E-state index in [1.54, 1.807) is 0 Å². The number of esters is 1. The summed E-state index contributed by atoms with van der Waals surface area (Å²) in [5, 5.41) is 3.52. The number of fused-ring (bicyclic) bond motifs is 5. The van der Waals surface area contributed by atoms with Crippen molar-refractivity contribution in [1.82, 2.24) is 10.2 Å². The number of nitrogens with zero attached hydrogens (tertiary/aromatic N) is 1. The van der Waals surface area contributed by atoms with Gasteiger partial charge in [-0.3, -0.25) is 0 Å². The van der Waals surface area contributed by atoms with Crippen LogP contribution in [0.4, 0.5) is 0 Å². The average molecular weight is 481 g/mol. The van der Waals surface area contributed by atoms with Crippen molar-refractivity contribution in [2.24, 2.45) is 40.4 Å². The van der Waals surface area contributed by atoms with Crippen molar-refractivity contribution in [3.63, 3.8) is 0 Å². The lowest BCUT2D eigenvalue weighted by atomic mass is 9.44. The zero-order valence-electron chi connectivity index (χ0n) is 22.9. The topological polar surface area (TPSA) is 41.6 Å². The third kappa shape index (κ3) is 4.07. The van der Waals surface area contributed by atoms with Crippen molar-refractivity contribution < 1.29 is 9.53 Å².